The number of hydrogen-bond donors (Lipinski definition) is 2. The lowest BCUT2D eigenvalue weighted by molar-refractivity contribution is 0.0695. The molecule has 2 N–H and O–H groups in total. The van der Waals surface area contributed by atoms with E-state index in [1.165, 1.54) is 12.1 Å². The van der Waals surface area contributed by atoms with Crippen molar-refractivity contribution in [1.29, 1.82) is 5.26 Å². The molecule has 1 aliphatic heterocycles. The first kappa shape index (κ1) is 21.2. The number of aromatic carboxylic acids is 1. The number of carbonyl (C=O) groups is 2. The summed E-state index contributed by atoms with van der Waals surface area (Å²) >= 11 is 12.4. The number of halogens is 2. The molecule has 0 radical (unpaired) electrons. The molecule has 158 valence electrons. The highest BCUT2D eigenvalue weighted by molar-refractivity contribution is 6.45. The molecule has 1 atom stereocenters. The fraction of sp³-hybridized carbons (Fsp3) is 0.227. The lowest BCUT2D eigenvalue weighted by atomic mass is 9.86. The number of fused-ring (bicyclic) bond motifs is 1. The summed E-state index contributed by atoms with van der Waals surface area (Å²) in [6, 6.07) is 11.5. The molecular weight excluding hydrogens is 441 g/mol. The number of amides is 1. The van der Waals surface area contributed by atoms with Crippen molar-refractivity contribution < 1.29 is 19.4 Å². The maximum absolute atomic E-state index is 13.3. The number of benzene rings is 2. The molecule has 0 saturated carbocycles. The molecule has 1 amide bonds. The van der Waals surface area contributed by atoms with Crippen LogP contribution in [0.25, 0.3) is 10.9 Å². The molecule has 3 aromatic rings. The molecule has 2 heterocycles. The monoisotopic (exact) mass is 457 g/mol. The molecular formula is C22H17Cl2N3O4. The Hall–Kier alpha value is -3.05. The van der Waals surface area contributed by atoms with Crippen LogP contribution in [0.4, 0.5) is 0 Å². The van der Waals surface area contributed by atoms with Crippen molar-refractivity contribution in [3.05, 3.63) is 68.8 Å². The van der Waals surface area contributed by atoms with E-state index in [2.05, 4.69) is 5.32 Å². The zero-order valence-electron chi connectivity index (χ0n) is 16.4. The Kier molecular flexibility index (Phi) is 5.40. The van der Waals surface area contributed by atoms with Gasteiger partial charge in [-0.15, -0.1) is 0 Å². The third-order valence-corrected chi connectivity index (χ3v) is 6.46. The van der Waals surface area contributed by atoms with E-state index >= 15 is 0 Å². The van der Waals surface area contributed by atoms with Crippen molar-refractivity contribution in [2.24, 2.45) is 7.05 Å². The molecule has 31 heavy (non-hydrogen) atoms. The molecule has 1 aromatic heterocycles. The van der Waals surface area contributed by atoms with Gasteiger partial charge >= 0.3 is 5.97 Å². The second-order valence-corrected chi connectivity index (χ2v) is 8.18. The van der Waals surface area contributed by atoms with Crippen LogP contribution >= 0.6 is 23.2 Å². The Morgan fingerprint density at radius 1 is 1.26 bits per heavy atom. The van der Waals surface area contributed by atoms with Gasteiger partial charge in [0, 0.05) is 31.0 Å². The van der Waals surface area contributed by atoms with Crippen molar-refractivity contribution in [3.8, 4) is 6.07 Å². The maximum Gasteiger partial charge on any atom is 0.337 e. The number of nitrogens with zero attached hydrogens (tertiary/aromatic N) is 2. The van der Waals surface area contributed by atoms with Gasteiger partial charge < -0.3 is 19.7 Å². The smallest absolute Gasteiger partial charge is 0.337 e. The zero-order valence-corrected chi connectivity index (χ0v) is 17.9. The summed E-state index contributed by atoms with van der Waals surface area (Å²) in [4.78, 5) is 24.6. The fourth-order valence-corrected chi connectivity index (χ4v) is 4.31. The Labute approximate surface area is 187 Å². The molecule has 0 bridgehead atoms. The van der Waals surface area contributed by atoms with Crippen LogP contribution < -0.4 is 5.32 Å². The minimum absolute atomic E-state index is 0.0246. The van der Waals surface area contributed by atoms with Gasteiger partial charge in [0.1, 0.15) is 11.8 Å². The van der Waals surface area contributed by atoms with Crippen LogP contribution in [-0.4, -0.2) is 34.8 Å². The minimum atomic E-state index is -1.19. The molecule has 0 aliphatic carbocycles. The van der Waals surface area contributed by atoms with E-state index in [9.17, 15) is 20.0 Å². The van der Waals surface area contributed by atoms with Crippen molar-refractivity contribution in [2.45, 2.75) is 12.0 Å². The molecule has 0 spiro atoms. The van der Waals surface area contributed by atoms with E-state index in [0.717, 1.165) is 5.52 Å². The van der Waals surface area contributed by atoms with Gasteiger partial charge in [-0.3, -0.25) is 4.79 Å². The zero-order chi connectivity index (χ0) is 22.3. The minimum Gasteiger partial charge on any atom is -0.478 e. The molecule has 2 aromatic carbocycles. The molecule has 9 heteroatoms. The average Bonchev–Trinajstić information content (AvgIpc) is 3.36. The summed E-state index contributed by atoms with van der Waals surface area (Å²) in [6.07, 6.45) is 0.479. The summed E-state index contributed by atoms with van der Waals surface area (Å²) in [5.74, 6) is -1.54. The first-order valence-corrected chi connectivity index (χ1v) is 10.1. The van der Waals surface area contributed by atoms with E-state index < -0.39 is 11.5 Å². The number of carbonyl (C=O) groups excluding carboxylic acids is 1. The van der Waals surface area contributed by atoms with Gasteiger partial charge in [0.15, 0.2) is 0 Å². The lowest BCUT2D eigenvalue weighted by Crippen LogP contribution is -2.47. The summed E-state index contributed by atoms with van der Waals surface area (Å²) in [5, 5.41) is 23.1. The third kappa shape index (κ3) is 3.53. The average molecular weight is 458 g/mol. The van der Waals surface area contributed by atoms with Gasteiger partial charge in [0.05, 0.1) is 33.3 Å². The maximum atomic E-state index is 13.3. The van der Waals surface area contributed by atoms with Crippen molar-refractivity contribution in [1.82, 2.24) is 9.88 Å². The fourth-order valence-electron chi connectivity index (χ4n) is 3.93. The second kappa shape index (κ2) is 7.89. The first-order chi connectivity index (χ1) is 14.8. The molecule has 1 aliphatic rings. The van der Waals surface area contributed by atoms with Gasteiger partial charge in [-0.2, -0.15) is 5.26 Å². The van der Waals surface area contributed by atoms with Gasteiger partial charge in [-0.05, 0) is 35.9 Å². The van der Waals surface area contributed by atoms with Gasteiger partial charge in [0.25, 0.3) is 5.91 Å². The summed E-state index contributed by atoms with van der Waals surface area (Å²) < 4.78 is 7.29. The highest BCUT2D eigenvalue weighted by atomic mass is 35.5. The number of nitrogens with one attached hydrogen (secondary N) is 1. The Morgan fingerprint density at radius 3 is 2.68 bits per heavy atom. The normalized spacial score (nSPS) is 18.1. The summed E-state index contributed by atoms with van der Waals surface area (Å²) in [6.45, 7) is 0.617. The Morgan fingerprint density at radius 2 is 2.03 bits per heavy atom. The van der Waals surface area contributed by atoms with Gasteiger partial charge in [0.2, 0.25) is 0 Å². The number of carboxylic acids is 1. The van der Waals surface area contributed by atoms with Crippen LogP contribution in [0.15, 0.2) is 36.4 Å². The van der Waals surface area contributed by atoms with E-state index in [4.69, 9.17) is 27.9 Å². The van der Waals surface area contributed by atoms with Crippen molar-refractivity contribution in [2.75, 3.05) is 13.2 Å². The standard InChI is InChI=1S/C22H17Cl2N3O4/c1-27-17-5-4-16(23)19(24)15(17)9-18(27)20(28)26-22(6-7-31-11-22)13-2-3-14(21(29)30)12(8-13)10-25/h2-5,8-9H,6-7,11H2,1H3,(H,26,28)(H,29,30). The van der Waals surface area contributed by atoms with Gasteiger partial charge in [-0.25, -0.2) is 4.79 Å². The van der Waals surface area contributed by atoms with Crippen LogP contribution in [-0.2, 0) is 17.3 Å². The predicted octanol–water partition coefficient (Wildman–Crippen LogP) is 4.10. The highest BCUT2D eigenvalue weighted by Gasteiger charge is 2.39. The van der Waals surface area contributed by atoms with Crippen LogP contribution in [0.2, 0.25) is 10.0 Å². The van der Waals surface area contributed by atoms with Crippen molar-refractivity contribution >= 4 is 46.0 Å². The summed E-state index contributed by atoms with van der Waals surface area (Å²) in [7, 11) is 1.76. The topological polar surface area (TPSA) is 104 Å². The van der Waals surface area contributed by atoms with Gasteiger partial charge in [-0.1, -0.05) is 29.3 Å². The van der Waals surface area contributed by atoms with Crippen LogP contribution in [0.1, 0.15) is 38.4 Å². The van der Waals surface area contributed by atoms with E-state index in [0.29, 0.717) is 39.7 Å². The first-order valence-electron chi connectivity index (χ1n) is 9.39. The Balaban J connectivity index is 1.74. The largest absolute Gasteiger partial charge is 0.478 e. The number of ether oxygens (including phenoxy) is 1. The lowest BCUT2D eigenvalue weighted by Gasteiger charge is -2.30. The molecule has 7 nitrogen and oxygen atoms in total. The number of carboxylic acid groups (broad SMARTS) is 1. The molecule has 1 saturated heterocycles. The molecule has 4 rings (SSSR count). The molecule has 1 unspecified atom stereocenters. The SMILES string of the molecule is Cn1c(C(=O)NC2(c3ccc(C(=O)O)c(C#N)c3)CCOC2)cc2c(Cl)c(Cl)ccc21. The number of rotatable bonds is 4. The third-order valence-electron chi connectivity index (χ3n) is 5.64. The van der Waals surface area contributed by atoms with E-state index in [-0.39, 0.29) is 23.6 Å². The highest BCUT2D eigenvalue weighted by Crippen LogP contribution is 2.35. The van der Waals surface area contributed by atoms with Crippen LogP contribution in [0.3, 0.4) is 0 Å². The van der Waals surface area contributed by atoms with Crippen molar-refractivity contribution in [3.63, 3.8) is 0 Å². The van der Waals surface area contributed by atoms with Crippen LogP contribution in [0, 0.1) is 11.3 Å². The molecule has 1 fully saturated rings. The predicted molar refractivity (Wildman–Crippen MR) is 116 cm³/mol. The number of hydrogen-bond acceptors (Lipinski definition) is 4. The van der Waals surface area contributed by atoms with E-state index in [1.807, 2.05) is 6.07 Å². The second-order valence-electron chi connectivity index (χ2n) is 7.40. The Bertz CT molecular complexity index is 1270. The quantitative estimate of drug-likeness (QED) is 0.613. The van der Waals surface area contributed by atoms with E-state index in [1.54, 1.807) is 35.9 Å². The number of nitriles is 1. The number of aromatic nitrogens is 1. The summed E-state index contributed by atoms with van der Waals surface area (Å²) in [5.41, 5.74) is 0.794. The number of aryl methyl sites for hydroxylation is 1. The van der Waals surface area contributed by atoms with Crippen LogP contribution in [0.5, 0.6) is 0 Å².